The van der Waals surface area contributed by atoms with Crippen LogP contribution in [0.4, 0.5) is 8.78 Å². The van der Waals surface area contributed by atoms with Gasteiger partial charge >= 0.3 is 0 Å². The van der Waals surface area contributed by atoms with Crippen molar-refractivity contribution in [3.63, 3.8) is 0 Å². The highest BCUT2D eigenvalue weighted by Crippen LogP contribution is 2.27. The highest BCUT2D eigenvalue weighted by Gasteiger charge is 2.14. The minimum atomic E-state index is -2.50. The number of hydrogen-bond acceptors (Lipinski definition) is 2. The van der Waals surface area contributed by atoms with E-state index in [4.69, 9.17) is 0 Å². The van der Waals surface area contributed by atoms with Crippen LogP contribution in [0.15, 0.2) is 23.6 Å². The molecule has 0 radical (unpaired) electrons. The lowest BCUT2D eigenvalue weighted by molar-refractivity contribution is 0.145. The standard InChI is InChI=1S/C9H8F2N2S/c1-13-7(8-3-2-4-14-8)5-6(12-13)9(10)11/h2-5,9H,1H3. The number of nitrogens with zero attached hydrogens (tertiary/aromatic N) is 2. The van der Waals surface area contributed by atoms with Gasteiger partial charge in [0.2, 0.25) is 0 Å². The molecule has 2 heterocycles. The van der Waals surface area contributed by atoms with Crippen molar-refractivity contribution in [3.8, 4) is 10.6 Å². The van der Waals surface area contributed by atoms with Crippen LogP contribution in [0.25, 0.3) is 10.6 Å². The Morgan fingerprint density at radius 2 is 2.29 bits per heavy atom. The summed E-state index contributed by atoms with van der Waals surface area (Å²) in [4.78, 5) is 0.951. The van der Waals surface area contributed by atoms with Gasteiger partial charge in [0.05, 0.1) is 10.6 Å². The fraction of sp³-hybridized carbons (Fsp3) is 0.222. The van der Waals surface area contributed by atoms with Crippen LogP contribution >= 0.6 is 11.3 Å². The molecule has 0 aliphatic heterocycles. The van der Waals surface area contributed by atoms with Gasteiger partial charge in [-0.2, -0.15) is 5.10 Å². The fourth-order valence-corrected chi connectivity index (χ4v) is 2.02. The van der Waals surface area contributed by atoms with Crippen LogP contribution in [0.1, 0.15) is 12.1 Å². The van der Waals surface area contributed by atoms with Crippen molar-refractivity contribution in [1.29, 1.82) is 0 Å². The quantitative estimate of drug-likeness (QED) is 0.751. The molecule has 0 unspecified atom stereocenters. The van der Waals surface area contributed by atoms with Crippen LogP contribution in [0.2, 0.25) is 0 Å². The lowest BCUT2D eigenvalue weighted by Crippen LogP contribution is -1.93. The normalized spacial score (nSPS) is 11.1. The highest BCUT2D eigenvalue weighted by molar-refractivity contribution is 7.13. The molecule has 0 atom stereocenters. The molecule has 0 aliphatic rings. The predicted molar refractivity (Wildman–Crippen MR) is 51.5 cm³/mol. The molecule has 74 valence electrons. The van der Waals surface area contributed by atoms with Crippen molar-refractivity contribution in [3.05, 3.63) is 29.3 Å². The number of rotatable bonds is 2. The molecule has 0 N–H and O–H groups in total. The third kappa shape index (κ3) is 1.55. The Labute approximate surface area is 83.8 Å². The Bertz CT molecular complexity index is 420. The number of aryl methyl sites for hydroxylation is 1. The van der Waals surface area contributed by atoms with Crippen LogP contribution in [-0.2, 0) is 7.05 Å². The first-order valence-electron chi connectivity index (χ1n) is 4.04. The van der Waals surface area contributed by atoms with Gasteiger partial charge in [-0.05, 0) is 17.5 Å². The molecule has 5 heteroatoms. The van der Waals surface area contributed by atoms with Gasteiger partial charge in [-0.25, -0.2) is 8.78 Å². The first-order chi connectivity index (χ1) is 6.68. The third-order valence-electron chi connectivity index (χ3n) is 1.90. The molecule has 0 saturated carbocycles. The average molecular weight is 214 g/mol. The second kappa shape index (κ2) is 3.49. The van der Waals surface area contributed by atoms with Crippen molar-refractivity contribution in [2.24, 2.45) is 7.05 Å². The molecular weight excluding hydrogens is 206 g/mol. The molecule has 0 spiro atoms. The Morgan fingerprint density at radius 3 is 2.79 bits per heavy atom. The van der Waals surface area contributed by atoms with Gasteiger partial charge in [-0.1, -0.05) is 6.07 Å². The van der Waals surface area contributed by atoms with Gasteiger partial charge in [0, 0.05) is 7.05 Å². The lowest BCUT2D eigenvalue weighted by Gasteiger charge is -1.95. The van der Waals surface area contributed by atoms with E-state index < -0.39 is 6.43 Å². The predicted octanol–water partition coefficient (Wildman–Crippen LogP) is 3.09. The van der Waals surface area contributed by atoms with Crippen molar-refractivity contribution in [2.45, 2.75) is 6.43 Å². The number of halogens is 2. The zero-order chi connectivity index (χ0) is 10.1. The maximum absolute atomic E-state index is 12.3. The van der Waals surface area contributed by atoms with Gasteiger partial charge < -0.3 is 0 Å². The molecule has 0 fully saturated rings. The summed E-state index contributed by atoms with van der Waals surface area (Å²) >= 11 is 1.51. The number of alkyl halides is 2. The van der Waals surface area contributed by atoms with Crippen LogP contribution in [0, 0.1) is 0 Å². The summed E-state index contributed by atoms with van der Waals surface area (Å²) in [5.41, 5.74) is 0.561. The van der Waals surface area contributed by atoms with Gasteiger partial charge in [0.25, 0.3) is 6.43 Å². The Morgan fingerprint density at radius 1 is 1.50 bits per heavy atom. The summed E-state index contributed by atoms with van der Waals surface area (Å²) in [6.45, 7) is 0. The lowest BCUT2D eigenvalue weighted by atomic mass is 10.3. The van der Waals surface area contributed by atoms with Gasteiger partial charge in [-0.15, -0.1) is 11.3 Å². The minimum absolute atomic E-state index is 0.170. The number of thiophene rings is 1. The smallest absolute Gasteiger partial charge is 0.267 e. The average Bonchev–Trinajstić information content (AvgIpc) is 2.71. The van der Waals surface area contributed by atoms with E-state index in [2.05, 4.69) is 5.10 Å². The van der Waals surface area contributed by atoms with E-state index in [9.17, 15) is 8.78 Å². The summed E-state index contributed by atoms with van der Waals surface area (Å²) < 4.78 is 26.1. The van der Waals surface area contributed by atoms with Gasteiger partial charge in [-0.3, -0.25) is 4.68 Å². The first-order valence-corrected chi connectivity index (χ1v) is 4.92. The number of aromatic nitrogens is 2. The van der Waals surface area contributed by atoms with E-state index in [1.165, 1.54) is 22.1 Å². The van der Waals surface area contributed by atoms with E-state index in [1.54, 1.807) is 7.05 Å². The van der Waals surface area contributed by atoms with E-state index >= 15 is 0 Å². The second-order valence-electron chi connectivity index (χ2n) is 2.86. The molecule has 2 rings (SSSR count). The van der Waals surface area contributed by atoms with Gasteiger partial charge in [0.15, 0.2) is 0 Å². The Kier molecular flexibility index (Phi) is 2.33. The maximum Gasteiger partial charge on any atom is 0.282 e. The third-order valence-corrected chi connectivity index (χ3v) is 2.79. The summed E-state index contributed by atoms with van der Waals surface area (Å²) in [5, 5.41) is 5.65. The first kappa shape index (κ1) is 9.33. The summed E-state index contributed by atoms with van der Waals surface area (Å²) in [5.74, 6) is 0. The van der Waals surface area contributed by atoms with Crippen LogP contribution < -0.4 is 0 Å². The zero-order valence-electron chi connectivity index (χ0n) is 7.45. The van der Waals surface area contributed by atoms with Crippen molar-refractivity contribution >= 4 is 11.3 Å². The Balaban J connectivity index is 2.45. The van der Waals surface area contributed by atoms with Crippen molar-refractivity contribution in [2.75, 3.05) is 0 Å². The van der Waals surface area contributed by atoms with E-state index in [-0.39, 0.29) is 5.69 Å². The minimum Gasteiger partial charge on any atom is -0.267 e. The molecule has 0 aliphatic carbocycles. The summed E-state index contributed by atoms with van der Waals surface area (Å²) in [6.07, 6.45) is -2.50. The van der Waals surface area contributed by atoms with Crippen LogP contribution in [-0.4, -0.2) is 9.78 Å². The summed E-state index contributed by atoms with van der Waals surface area (Å²) in [7, 11) is 1.67. The molecule has 0 amide bonds. The monoisotopic (exact) mass is 214 g/mol. The SMILES string of the molecule is Cn1nc(C(F)F)cc1-c1cccs1. The van der Waals surface area contributed by atoms with Crippen LogP contribution in [0.5, 0.6) is 0 Å². The molecule has 0 bridgehead atoms. The molecule has 14 heavy (non-hydrogen) atoms. The van der Waals surface area contributed by atoms with E-state index in [0.717, 1.165) is 10.6 Å². The Hall–Kier alpha value is -1.23. The van der Waals surface area contributed by atoms with Crippen molar-refractivity contribution < 1.29 is 8.78 Å². The van der Waals surface area contributed by atoms with E-state index in [0.29, 0.717) is 0 Å². The number of hydrogen-bond donors (Lipinski definition) is 0. The largest absolute Gasteiger partial charge is 0.282 e. The topological polar surface area (TPSA) is 17.8 Å². The molecular formula is C9H8F2N2S. The zero-order valence-corrected chi connectivity index (χ0v) is 8.26. The molecule has 2 aromatic heterocycles. The molecule has 0 saturated heterocycles. The second-order valence-corrected chi connectivity index (χ2v) is 3.80. The molecule has 2 aromatic rings. The van der Waals surface area contributed by atoms with Gasteiger partial charge in [0.1, 0.15) is 5.69 Å². The van der Waals surface area contributed by atoms with Crippen LogP contribution in [0.3, 0.4) is 0 Å². The summed E-state index contributed by atoms with van der Waals surface area (Å²) in [6, 6.07) is 5.20. The highest BCUT2D eigenvalue weighted by atomic mass is 32.1. The maximum atomic E-state index is 12.3. The van der Waals surface area contributed by atoms with E-state index in [1.807, 2.05) is 17.5 Å². The molecule has 2 nitrogen and oxygen atoms in total. The molecule has 0 aromatic carbocycles. The fourth-order valence-electron chi connectivity index (χ4n) is 1.25. The van der Waals surface area contributed by atoms with Crippen molar-refractivity contribution in [1.82, 2.24) is 9.78 Å².